The quantitative estimate of drug-likeness (QED) is 0.389. The van der Waals surface area contributed by atoms with E-state index in [0.29, 0.717) is 24.7 Å². The molecule has 23 heavy (non-hydrogen) atoms. The zero-order valence-corrected chi connectivity index (χ0v) is 15.8. The SMILES string of the molecule is CC1(C)C2CCC1(C)C(OCCCN=C(N)COS(=O)(O)=S)C2. The van der Waals surface area contributed by atoms with E-state index in [1.54, 1.807) is 0 Å². The van der Waals surface area contributed by atoms with Gasteiger partial charge in [0.1, 0.15) is 12.4 Å². The summed E-state index contributed by atoms with van der Waals surface area (Å²) in [5.74, 6) is 0.944. The van der Waals surface area contributed by atoms with Gasteiger partial charge in [0.25, 0.3) is 9.05 Å². The smallest absolute Gasteiger partial charge is 0.266 e. The van der Waals surface area contributed by atoms with Crippen molar-refractivity contribution < 1.29 is 17.7 Å². The minimum absolute atomic E-state index is 0.171. The second-order valence-electron chi connectivity index (χ2n) is 7.39. The lowest BCUT2D eigenvalue weighted by molar-refractivity contribution is -0.0465. The Morgan fingerprint density at radius 1 is 1.48 bits per heavy atom. The van der Waals surface area contributed by atoms with E-state index >= 15 is 0 Å². The Morgan fingerprint density at radius 3 is 2.70 bits per heavy atom. The van der Waals surface area contributed by atoms with Crippen molar-refractivity contribution in [1.29, 1.82) is 0 Å². The first-order valence-corrected chi connectivity index (χ1v) is 10.4. The fraction of sp³-hybridized carbons (Fsp3) is 0.933. The Hall–Kier alpha value is -0.280. The van der Waals surface area contributed by atoms with Gasteiger partial charge in [-0.2, -0.15) is 4.21 Å². The molecule has 0 aromatic heterocycles. The van der Waals surface area contributed by atoms with E-state index in [0.717, 1.165) is 18.8 Å². The number of hydrogen-bond acceptors (Lipinski definition) is 5. The Morgan fingerprint density at radius 2 is 2.17 bits per heavy atom. The third-order valence-electron chi connectivity index (χ3n) is 6.01. The van der Waals surface area contributed by atoms with Gasteiger partial charge in [-0.1, -0.05) is 20.8 Å². The maximum Gasteiger partial charge on any atom is 0.266 e. The zero-order chi connectivity index (χ0) is 17.3. The summed E-state index contributed by atoms with van der Waals surface area (Å²) in [6.45, 7) is 8.04. The summed E-state index contributed by atoms with van der Waals surface area (Å²) in [4.78, 5) is 4.09. The van der Waals surface area contributed by atoms with Crippen LogP contribution in [-0.4, -0.2) is 40.5 Å². The monoisotopic (exact) mass is 364 g/mol. The van der Waals surface area contributed by atoms with Gasteiger partial charge in [-0.3, -0.25) is 13.7 Å². The Balaban J connectivity index is 1.69. The molecule has 2 aliphatic rings. The summed E-state index contributed by atoms with van der Waals surface area (Å²) in [5.41, 5.74) is 6.23. The van der Waals surface area contributed by atoms with Crippen LogP contribution in [0.3, 0.4) is 0 Å². The number of amidine groups is 1. The Kier molecular flexibility index (Phi) is 5.73. The molecule has 0 aromatic carbocycles. The number of fused-ring (bicyclic) bond motifs is 2. The second-order valence-corrected chi connectivity index (χ2v) is 9.74. The van der Waals surface area contributed by atoms with E-state index < -0.39 is 9.05 Å². The standard InChI is InChI=1S/C15H28N2O4S2/c1-14(2)11-5-6-15(14,3)12(9-11)20-8-4-7-17-13(16)10-21-23(18,19)22/h11-12H,4-10H2,1-3H3,(H2,16,17)(H,18,19,22). The molecular weight excluding hydrogens is 336 g/mol. The predicted molar refractivity (Wildman–Crippen MR) is 94.2 cm³/mol. The summed E-state index contributed by atoms with van der Waals surface area (Å²) in [5, 5.41) is 0. The predicted octanol–water partition coefficient (Wildman–Crippen LogP) is 2.12. The van der Waals surface area contributed by atoms with Crippen LogP contribution in [-0.2, 0) is 29.2 Å². The van der Waals surface area contributed by atoms with Crippen molar-refractivity contribution in [3.05, 3.63) is 0 Å². The molecule has 8 heteroatoms. The maximum atomic E-state index is 10.8. The molecule has 2 aliphatic carbocycles. The fourth-order valence-corrected chi connectivity index (χ4v) is 4.49. The van der Waals surface area contributed by atoms with E-state index in [4.69, 9.17) is 15.0 Å². The maximum absolute atomic E-state index is 10.8. The topological polar surface area (TPSA) is 94.1 Å². The van der Waals surface area contributed by atoms with Crippen LogP contribution in [0, 0.1) is 16.7 Å². The van der Waals surface area contributed by atoms with E-state index in [1.807, 2.05) is 0 Å². The highest BCUT2D eigenvalue weighted by molar-refractivity contribution is 8.27. The molecule has 2 saturated carbocycles. The molecule has 0 amide bonds. The number of nitrogens with zero attached hydrogens (tertiary/aromatic N) is 1. The molecule has 3 N–H and O–H groups in total. The van der Waals surface area contributed by atoms with Gasteiger partial charge in [-0.15, -0.1) is 0 Å². The van der Waals surface area contributed by atoms with E-state index in [2.05, 4.69) is 41.1 Å². The first-order valence-electron chi connectivity index (χ1n) is 8.08. The van der Waals surface area contributed by atoms with Crippen LogP contribution in [0.15, 0.2) is 4.99 Å². The molecule has 0 spiro atoms. The van der Waals surface area contributed by atoms with Gasteiger partial charge in [0.05, 0.1) is 6.10 Å². The molecule has 0 radical (unpaired) electrons. The average molecular weight is 365 g/mol. The molecule has 0 aromatic rings. The molecule has 4 unspecified atom stereocenters. The second kappa shape index (κ2) is 6.92. The van der Waals surface area contributed by atoms with E-state index in [-0.39, 0.29) is 17.9 Å². The van der Waals surface area contributed by atoms with Crippen molar-refractivity contribution in [1.82, 2.24) is 0 Å². The summed E-state index contributed by atoms with van der Waals surface area (Å²) in [6.07, 6.45) is 4.83. The van der Waals surface area contributed by atoms with Crippen molar-refractivity contribution >= 4 is 26.1 Å². The highest BCUT2D eigenvalue weighted by Gasteiger charge is 2.61. The third kappa shape index (κ3) is 4.22. The lowest BCUT2D eigenvalue weighted by Gasteiger charge is -2.38. The molecule has 2 bridgehead atoms. The van der Waals surface area contributed by atoms with Crippen LogP contribution in [0.4, 0.5) is 0 Å². The van der Waals surface area contributed by atoms with Gasteiger partial charge < -0.3 is 10.5 Å². The molecular formula is C15H28N2O4S2. The Bertz CT molecular complexity index is 562. The van der Waals surface area contributed by atoms with Crippen LogP contribution in [0.5, 0.6) is 0 Å². The van der Waals surface area contributed by atoms with Gasteiger partial charge >= 0.3 is 0 Å². The van der Waals surface area contributed by atoms with Crippen LogP contribution in [0.1, 0.15) is 46.5 Å². The number of ether oxygens (including phenoxy) is 1. The fourth-order valence-electron chi connectivity index (χ4n) is 4.08. The number of rotatable bonds is 8. The van der Waals surface area contributed by atoms with Gasteiger partial charge in [0.2, 0.25) is 0 Å². The Labute approximate surface area is 143 Å². The van der Waals surface area contributed by atoms with Gasteiger partial charge in [0, 0.05) is 24.3 Å². The largest absolute Gasteiger partial charge is 0.385 e. The minimum atomic E-state index is -3.64. The zero-order valence-electron chi connectivity index (χ0n) is 14.1. The van der Waals surface area contributed by atoms with Crippen molar-refractivity contribution in [2.45, 2.75) is 52.6 Å². The first-order chi connectivity index (χ1) is 10.6. The summed E-state index contributed by atoms with van der Waals surface area (Å²) >= 11 is 4.20. The molecule has 2 rings (SSSR count). The number of nitrogens with two attached hydrogens (primary N) is 1. The van der Waals surface area contributed by atoms with Crippen molar-refractivity contribution in [3.63, 3.8) is 0 Å². The van der Waals surface area contributed by atoms with Gasteiger partial charge in [-0.05, 0) is 42.4 Å². The first kappa shape index (κ1) is 19.1. The molecule has 2 fully saturated rings. The van der Waals surface area contributed by atoms with Crippen molar-refractivity contribution in [3.8, 4) is 0 Å². The average Bonchev–Trinajstić information content (AvgIpc) is 2.77. The van der Waals surface area contributed by atoms with Crippen LogP contribution in [0.2, 0.25) is 0 Å². The van der Waals surface area contributed by atoms with Crippen molar-refractivity contribution in [2.24, 2.45) is 27.5 Å². The van der Waals surface area contributed by atoms with Gasteiger partial charge in [-0.25, -0.2) is 0 Å². The summed E-state index contributed by atoms with van der Waals surface area (Å²) in [7, 11) is -3.64. The molecule has 134 valence electrons. The van der Waals surface area contributed by atoms with E-state index in [9.17, 15) is 4.21 Å². The number of hydrogen-bond donors (Lipinski definition) is 2. The molecule has 6 nitrogen and oxygen atoms in total. The molecule has 0 saturated heterocycles. The van der Waals surface area contributed by atoms with Crippen molar-refractivity contribution in [2.75, 3.05) is 19.8 Å². The van der Waals surface area contributed by atoms with Gasteiger partial charge in [0.15, 0.2) is 0 Å². The van der Waals surface area contributed by atoms with E-state index in [1.165, 1.54) is 12.8 Å². The lowest BCUT2D eigenvalue weighted by Crippen LogP contribution is -2.37. The normalized spacial score (nSPS) is 35.4. The summed E-state index contributed by atoms with van der Waals surface area (Å²) < 4.78 is 30.2. The molecule has 0 aliphatic heterocycles. The van der Waals surface area contributed by atoms with Crippen LogP contribution in [0.25, 0.3) is 0 Å². The molecule has 0 heterocycles. The third-order valence-corrected chi connectivity index (χ3v) is 6.71. The van der Waals surface area contributed by atoms with Crippen LogP contribution >= 0.6 is 0 Å². The number of aliphatic imine (C=N–C) groups is 1. The highest BCUT2D eigenvalue weighted by Crippen LogP contribution is 2.66. The molecule has 4 atom stereocenters. The minimum Gasteiger partial charge on any atom is -0.385 e. The highest BCUT2D eigenvalue weighted by atomic mass is 32.9. The summed E-state index contributed by atoms with van der Waals surface area (Å²) in [6, 6.07) is 0. The lowest BCUT2D eigenvalue weighted by atomic mass is 9.70. The van der Waals surface area contributed by atoms with Crippen LogP contribution < -0.4 is 5.73 Å².